The minimum absolute atomic E-state index is 0.0417. The summed E-state index contributed by atoms with van der Waals surface area (Å²) >= 11 is 0. The molecule has 42 heavy (non-hydrogen) atoms. The van der Waals surface area contributed by atoms with Crippen molar-refractivity contribution >= 4 is 17.7 Å². The summed E-state index contributed by atoms with van der Waals surface area (Å²) < 4.78 is 12.1. The molecule has 5 aliphatic rings. The first kappa shape index (κ1) is 30.6. The lowest BCUT2D eigenvalue weighted by Crippen LogP contribution is -2.54. The zero-order valence-corrected chi connectivity index (χ0v) is 26.8. The summed E-state index contributed by atoms with van der Waals surface area (Å²) in [5.74, 6) is -2.01. The fourth-order valence-electron chi connectivity index (χ4n) is 9.60. The molecule has 0 aromatic carbocycles. The maximum atomic E-state index is 14.8. The van der Waals surface area contributed by atoms with Crippen molar-refractivity contribution < 1.29 is 29.0 Å². The third-order valence-electron chi connectivity index (χ3n) is 11.5. The summed E-state index contributed by atoms with van der Waals surface area (Å²) in [6, 6.07) is 0. The normalized spacial score (nSPS) is 46.4. The molecule has 1 saturated heterocycles. The highest BCUT2D eigenvalue weighted by molar-refractivity contribution is 6.26. The molecule has 0 aromatic heterocycles. The molecule has 4 aliphatic carbocycles. The van der Waals surface area contributed by atoms with E-state index in [1.54, 1.807) is 0 Å². The van der Waals surface area contributed by atoms with Gasteiger partial charge in [0.15, 0.2) is 5.60 Å². The second-order valence-electron chi connectivity index (χ2n) is 14.5. The van der Waals surface area contributed by atoms with E-state index < -0.39 is 28.2 Å². The van der Waals surface area contributed by atoms with Crippen LogP contribution in [-0.4, -0.2) is 34.5 Å². The van der Waals surface area contributed by atoms with Gasteiger partial charge in [0.25, 0.3) is 0 Å². The van der Waals surface area contributed by atoms with Gasteiger partial charge in [0, 0.05) is 30.6 Å². The number of aliphatic hydroxyl groups is 1. The van der Waals surface area contributed by atoms with Gasteiger partial charge in [-0.2, -0.15) is 0 Å². The molecule has 0 aromatic rings. The maximum Gasteiger partial charge on any atom is 0.346 e. The molecule has 2 fully saturated rings. The number of aliphatic hydroxyl groups excluding tert-OH is 1. The van der Waals surface area contributed by atoms with E-state index in [4.69, 9.17) is 9.47 Å². The van der Waals surface area contributed by atoms with Crippen molar-refractivity contribution in [1.82, 2.24) is 0 Å². The van der Waals surface area contributed by atoms with E-state index >= 15 is 0 Å². The highest BCUT2D eigenvalue weighted by Crippen LogP contribution is 2.62. The molecule has 0 unspecified atom stereocenters. The Labute approximate surface area is 251 Å². The van der Waals surface area contributed by atoms with Crippen LogP contribution in [0.2, 0.25) is 0 Å². The third kappa shape index (κ3) is 4.38. The third-order valence-corrected chi connectivity index (χ3v) is 11.5. The van der Waals surface area contributed by atoms with Crippen molar-refractivity contribution in [2.75, 3.05) is 0 Å². The number of carbonyl (C=O) groups is 3. The van der Waals surface area contributed by atoms with Gasteiger partial charge in [-0.15, -0.1) is 0 Å². The first-order valence-electron chi connectivity index (χ1n) is 15.7. The summed E-state index contributed by atoms with van der Waals surface area (Å²) in [5.41, 5.74) is 0.982. The number of carbonyl (C=O) groups excluding carboxylic acids is 3. The van der Waals surface area contributed by atoms with Gasteiger partial charge < -0.3 is 14.6 Å². The van der Waals surface area contributed by atoms with Gasteiger partial charge in [-0.3, -0.25) is 9.59 Å². The van der Waals surface area contributed by atoms with Crippen molar-refractivity contribution in [3.8, 4) is 0 Å². The van der Waals surface area contributed by atoms with E-state index in [9.17, 15) is 19.5 Å². The lowest BCUT2D eigenvalue weighted by Gasteiger charge is -2.56. The van der Waals surface area contributed by atoms with Crippen LogP contribution < -0.4 is 0 Å². The molecule has 1 saturated carbocycles. The Bertz CT molecular complexity index is 1370. The van der Waals surface area contributed by atoms with Crippen molar-refractivity contribution in [1.29, 1.82) is 0 Å². The first-order chi connectivity index (χ1) is 19.6. The number of ether oxygens (including phenoxy) is 2. The number of fused-ring (bicyclic) bond motifs is 4. The second-order valence-corrected chi connectivity index (χ2v) is 14.5. The van der Waals surface area contributed by atoms with Crippen LogP contribution in [0.5, 0.6) is 0 Å². The van der Waals surface area contributed by atoms with Gasteiger partial charge in [0.1, 0.15) is 17.4 Å². The Morgan fingerprint density at radius 3 is 2.38 bits per heavy atom. The Balaban J connectivity index is 1.80. The van der Waals surface area contributed by atoms with Crippen LogP contribution in [0, 0.1) is 40.4 Å². The average Bonchev–Trinajstić information content (AvgIpc) is 3.13. The minimum atomic E-state index is -1.42. The molecule has 1 heterocycles. The molecule has 228 valence electrons. The molecule has 0 amide bonds. The standard InChI is InChI=1S/C36H48O6/c1-19-11-10-12-20(2)29-22(4)15-26-27(41-25(7)37)14-13-21(3)30(26)35(29,9)31(38)28-32(39)36(42-33(28)40)18-24(6)23(5)17-34(36,8)16-19/h12,15-17,21,24,26-27,29-30,38H,10-11,13-14,18H2,1-9H3/b19-16+,20-12-,31-28-/t21-,24+,26+,27-,29+,30+,34+,35+,36+/m1/s1. The summed E-state index contributed by atoms with van der Waals surface area (Å²) in [5, 5.41) is 12.5. The largest absolute Gasteiger partial charge is 0.511 e. The van der Waals surface area contributed by atoms with Crippen molar-refractivity contribution in [2.24, 2.45) is 40.4 Å². The first-order valence-corrected chi connectivity index (χ1v) is 15.7. The smallest absolute Gasteiger partial charge is 0.346 e. The monoisotopic (exact) mass is 576 g/mol. The van der Waals surface area contributed by atoms with E-state index in [2.05, 4.69) is 65.8 Å². The van der Waals surface area contributed by atoms with E-state index in [1.807, 2.05) is 13.8 Å². The Morgan fingerprint density at radius 2 is 1.71 bits per heavy atom. The number of Topliss-reactive ketones (excluding diaryl/α,β-unsaturated/α-hetero) is 1. The quantitative estimate of drug-likeness (QED) is 0.197. The molecule has 1 N–H and O–H groups in total. The van der Waals surface area contributed by atoms with Crippen LogP contribution in [-0.2, 0) is 23.9 Å². The van der Waals surface area contributed by atoms with Crippen LogP contribution in [0.3, 0.4) is 0 Å². The SMILES string of the molecule is CC(=O)O[C@@H]1CC[C@@H](C)[C@H]2[C@H]1C=C(C)[C@@H]1/C(C)=C\CC/C(C)=C/[C@@]3(C)C=C(C)[C@@H](C)C[C@@]34OC(=O)/C(=C(\O)[C@]21C)C4=O. The van der Waals surface area contributed by atoms with Gasteiger partial charge in [-0.25, -0.2) is 4.79 Å². The van der Waals surface area contributed by atoms with E-state index in [0.29, 0.717) is 6.42 Å². The summed E-state index contributed by atoms with van der Waals surface area (Å²) in [7, 11) is 0. The van der Waals surface area contributed by atoms with Crippen LogP contribution in [0.15, 0.2) is 57.9 Å². The molecule has 9 atom stereocenters. The fourth-order valence-corrected chi connectivity index (χ4v) is 9.60. The van der Waals surface area contributed by atoms with E-state index in [1.165, 1.54) is 6.92 Å². The van der Waals surface area contributed by atoms with Crippen LogP contribution >= 0.6 is 0 Å². The predicted octanol–water partition coefficient (Wildman–Crippen LogP) is 7.52. The molecule has 6 heteroatoms. The average molecular weight is 577 g/mol. The van der Waals surface area contributed by atoms with Gasteiger partial charge in [0.2, 0.25) is 5.78 Å². The molecule has 2 bridgehead atoms. The Kier molecular flexibility index (Phi) is 7.55. The van der Waals surface area contributed by atoms with Gasteiger partial charge in [-0.1, -0.05) is 67.4 Å². The van der Waals surface area contributed by atoms with Crippen LogP contribution in [0.25, 0.3) is 0 Å². The summed E-state index contributed by atoms with van der Waals surface area (Å²) in [6.45, 7) is 18.0. The number of rotatable bonds is 1. The summed E-state index contributed by atoms with van der Waals surface area (Å²) in [4.78, 5) is 40.8. The van der Waals surface area contributed by atoms with E-state index in [0.717, 1.165) is 48.0 Å². The maximum absolute atomic E-state index is 14.8. The second kappa shape index (κ2) is 10.4. The van der Waals surface area contributed by atoms with Gasteiger partial charge >= 0.3 is 11.9 Å². The predicted molar refractivity (Wildman–Crippen MR) is 162 cm³/mol. The molecular weight excluding hydrogens is 528 g/mol. The lowest BCUT2D eigenvalue weighted by atomic mass is 9.49. The van der Waals surface area contributed by atoms with Crippen molar-refractivity contribution in [3.05, 3.63) is 57.9 Å². The minimum Gasteiger partial charge on any atom is -0.511 e. The highest BCUT2D eigenvalue weighted by Gasteiger charge is 2.66. The molecule has 5 rings (SSSR count). The van der Waals surface area contributed by atoms with Crippen LogP contribution in [0.1, 0.15) is 94.4 Å². The number of esters is 2. The molecule has 1 spiro atoms. The zero-order valence-electron chi connectivity index (χ0n) is 26.8. The zero-order chi connectivity index (χ0) is 30.9. The molecule has 1 aliphatic heterocycles. The van der Waals surface area contributed by atoms with E-state index in [-0.39, 0.29) is 53.0 Å². The van der Waals surface area contributed by atoms with Crippen LogP contribution in [0.4, 0.5) is 0 Å². The fraction of sp³-hybridized carbons (Fsp3) is 0.639. The highest BCUT2D eigenvalue weighted by atomic mass is 16.6. The molecule has 6 nitrogen and oxygen atoms in total. The molecule has 0 radical (unpaired) electrons. The lowest BCUT2D eigenvalue weighted by molar-refractivity contribution is -0.162. The Hall–Kier alpha value is -2.89. The Morgan fingerprint density at radius 1 is 1.02 bits per heavy atom. The molecular formula is C36H48O6. The number of hydrogen-bond acceptors (Lipinski definition) is 6. The number of allylic oxidation sites excluding steroid dienone is 6. The van der Waals surface area contributed by atoms with Gasteiger partial charge in [-0.05, 0) is 78.1 Å². The number of hydrogen-bond donors (Lipinski definition) is 1. The topological polar surface area (TPSA) is 89.9 Å². The summed E-state index contributed by atoms with van der Waals surface area (Å²) in [6.07, 6.45) is 11.9. The van der Waals surface area contributed by atoms with Crippen molar-refractivity contribution in [3.63, 3.8) is 0 Å². The van der Waals surface area contributed by atoms with Gasteiger partial charge in [0.05, 0.1) is 5.41 Å². The number of ketones is 1. The van der Waals surface area contributed by atoms with Crippen molar-refractivity contribution in [2.45, 2.75) is 106 Å².